The van der Waals surface area contributed by atoms with Crippen molar-refractivity contribution < 1.29 is 4.79 Å². The van der Waals surface area contributed by atoms with Crippen LogP contribution in [0.4, 0.5) is 0 Å². The van der Waals surface area contributed by atoms with Crippen molar-refractivity contribution in [3.8, 4) is 0 Å². The molecule has 96 valence electrons. The lowest BCUT2D eigenvalue weighted by atomic mass is 10.0. The lowest BCUT2D eigenvalue weighted by Gasteiger charge is -2.19. The topological polar surface area (TPSA) is 64.1 Å². The molecule has 0 bridgehead atoms. The Kier molecular flexibility index (Phi) is 12.1. The summed E-state index contributed by atoms with van der Waals surface area (Å²) < 4.78 is 0. The predicted octanol–water partition coefficient (Wildman–Crippen LogP) is 3.40. The van der Waals surface area contributed by atoms with Crippen LogP contribution in [0.5, 0.6) is 0 Å². The highest BCUT2D eigenvalue weighted by molar-refractivity contribution is 5.92. The van der Waals surface area contributed by atoms with Crippen LogP contribution < -0.4 is 11.5 Å². The van der Waals surface area contributed by atoms with Crippen LogP contribution >= 0.6 is 12.4 Å². The van der Waals surface area contributed by atoms with Crippen LogP contribution in [-0.2, 0) is 4.79 Å². The predicted molar refractivity (Wildman–Crippen MR) is 73.4 cm³/mol. The third kappa shape index (κ3) is 6.64. The number of rotatable bonds is 4. The van der Waals surface area contributed by atoms with Crippen molar-refractivity contribution in [1.82, 2.24) is 11.5 Å². The van der Waals surface area contributed by atoms with Gasteiger partial charge in [-0.2, -0.15) is 0 Å². The fourth-order valence-corrected chi connectivity index (χ4v) is 1.15. The minimum atomic E-state index is -0.0579. The van der Waals surface area contributed by atoms with Crippen LogP contribution in [0.2, 0.25) is 0 Å². The Bertz CT molecular complexity index is 268. The zero-order valence-electron chi connectivity index (χ0n) is 11.0. The summed E-state index contributed by atoms with van der Waals surface area (Å²) in [5.41, 5.74) is 3.06. The average molecular weight is 249 g/mol. The fourth-order valence-electron chi connectivity index (χ4n) is 1.15. The van der Waals surface area contributed by atoms with E-state index in [1.807, 2.05) is 0 Å². The van der Waals surface area contributed by atoms with Crippen LogP contribution in [0.15, 0.2) is 23.3 Å². The summed E-state index contributed by atoms with van der Waals surface area (Å²) in [6.45, 7) is 13.6. The van der Waals surface area contributed by atoms with Gasteiger partial charge in [-0.1, -0.05) is 24.6 Å². The molecule has 1 unspecified atom stereocenters. The van der Waals surface area contributed by atoms with Gasteiger partial charge >= 0.3 is 0 Å². The fraction of sp³-hybridized carbons (Fsp3) is 0.583. The van der Waals surface area contributed by atoms with Crippen molar-refractivity contribution in [2.75, 3.05) is 0 Å². The monoisotopic (exact) mass is 248 g/mol. The molecule has 0 aromatic heterocycles. The summed E-state index contributed by atoms with van der Waals surface area (Å²) in [6, 6.07) is 0.143. The lowest BCUT2D eigenvalue weighted by molar-refractivity contribution is -0.117. The van der Waals surface area contributed by atoms with Crippen LogP contribution in [0.3, 0.4) is 0 Å². The Hall–Kier alpha value is -0.800. The van der Waals surface area contributed by atoms with E-state index in [0.717, 1.165) is 6.42 Å². The number of carbonyl (C=O) groups is 1. The summed E-state index contributed by atoms with van der Waals surface area (Å²) in [6.07, 6.45) is 0.913. The highest BCUT2D eigenvalue weighted by atomic mass is 35.5. The average Bonchev–Trinajstić information content (AvgIpc) is 2.12. The van der Waals surface area contributed by atoms with Crippen molar-refractivity contribution in [2.24, 2.45) is 0 Å². The number of halogens is 1. The number of allylic oxidation sites excluding steroid dienone is 1. The molecule has 4 heteroatoms. The van der Waals surface area contributed by atoms with Gasteiger partial charge < -0.3 is 11.5 Å². The zero-order chi connectivity index (χ0) is 11.3. The molecule has 0 saturated carbocycles. The molecule has 0 saturated heterocycles. The molecule has 0 aromatic carbocycles. The summed E-state index contributed by atoms with van der Waals surface area (Å²) in [4.78, 5) is 11.4. The molecule has 0 aromatic rings. The maximum Gasteiger partial charge on any atom is 0.246 e. The van der Waals surface area contributed by atoms with Gasteiger partial charge in [-0.25, -0.2) is 0 Å². The Morgan fingerprint density at radius 2 is 1.69 bits per heavy atom. The summed E-state index contributed by atoms with van der Waals surface area (Å²) in [5.74, 6) is -0.0579. The molecule has 0 radical (unpaired) electrons. The van der Waals surface area contributed by atoms with Crippen molar-refractivity contribution in [1.29, 1.82) is 0 Å². The molecule has 0 aliphatic rings. The van der Waals surface area contributed by atoms with E-state index in [-0.39, 0.29) is 30.5 Å². The first-order valence-electron chi connectivity index (χ1n) is 5.00. The molecule has 0 spiro atoms. The van der Waals surface area contributed by atoms with Gasteiger partial charge in [0.1, 0.15) is 0 Å². The van der Waals surface area contributed by atoms with E-state index in [1.165, 1.54) is 11.1 Å². The van der Waals surface area contributed by atoms with Gasteiger partial charge in [0.25, 0.3) is 0 Å². The van der Waals surface area contributed by atoms with Crippen LogP contribution in [0, 0.1) is 0 Å². The van der Waals surface area contributed by atoms with E-state index in [2.05, 4.69) is 39.6 Å². The number of amides is 1. The van der Waals surface area contributed by atoms with Crippen LogP contribution in [0.1, 0.15) is 41.0 Å². The van der Waals surface area contributed by atoms with E-state index in [4.69, 9.17) is 0 Å². The van der Waals surface area contributed by atoms with E-state index in [0.29, 0.717) is 5.57 Å². The number of hydrogen-bond acceptors (Lipinski definition) is 2. The highest BCUT2D eigenvalue weighted by Gasteiger charge is 2.12. The van der Waals surface area contributed by atoms with E-state index in [9.17, 15) is 4.79 Å². The van der Waals surface area contributed by atoms with Crippen LogP contribution in [-0.4, -0.2) is 11.9 Å². The van der Waals surface area contributed by atoms with Gasteiger partial charge in [0.15, 0.2) is 0 Å². The quantitative estimate of drug-likeness (QED) is 0.592. The van der Waals surface area contributed by atoms with E-state index < -0.39 is 0 Å². The van der Waals surface area contributed by atoms with Gasteiger partial charge in [-0.3, -0.25) is 4.79 Å². The lowest BCUT2D eigenvalue weighted by Crippen LogP contribution is -2.35. The van der Waals surface area contributed by atoms with Gasteiger partial charge in [-0.05, 0) is 34.1 Å². The summed E-state index contributed by atoms with van der Waals surface area (Å²) in [5, 5.41) is 2.95. The Balaban J connectivity index is -0.000000845. The number of hydrogen-bond donors (Lipinski definition) is 2. The van der Waals surface area contributed by atoms with Gasteiger partial charge in [0, 0.05) is 5.57 Å². The second-order valence-corrected chi connectivity index (χ2v) is 3.90. The summed E-state index contributed by atoms with van der Waals surface area (Å²) in [7, 11) is 0. The maximum absolute atomic E-state index is 11.4. The molecular formula is C12H25ClN2O. The molecule has 1 atom stereocenters. The Morgan fingerprint density at radius 3 is 1.94 bits per heavy atom. The third-order valence-electron chi connectivity index (χ3n) is 2.41. The molecule has 0 aliphatic carbocycles. The molecule has 3 nitrogen and oxygen atoms in total. The normalized spacial score (nSPS) is 10.3. The van der Waals surface area contributed by atoms with Gasteiger partial charge in [0.2, 0.25) is 5.91 Å². The van der Waals surface area contributed by atoms with Crippen molar-refractivity contribution >= 4 is 18.3 Å². The first kappa shape index (κ1) is 20.6. The second-order valence-electron chi connectivity index (χ2n) is 3.90. The van der Waals surface area contributed by atoms with Crippen molar-refractivity contribution in [3.05, 3.63) is 23.3 Å². The van der Waals surface area contributed by atoms with E-state index in [1.54, 1.807) is 6.92 Å². The minimum absolute atomic E-state index is 0. The Labute approximate surface area is 105 Å². The van der Waals surface area contributed by atoms with Crippen LogP contribution in [0.25, 0.3) is 0 Å². The van der Waals surface area contributed by atoms with Gasteiger partial charge in [-0.15, -0.1) is 12.4 Å². The maximum atomic E-state index is 11.4. The molecule has 0 heterocycles. The standard InChI is InChI=1S/C12H21NO.ClH.H3N/c1-7-11(10(6)8(2)3)13-12(14)9(4)5;;/h11H,4,7H2,1-3,5-6H3,(H,13,14);1H;1H3. The number of carbonyl (C=O) groups excluding carboxylic acids is 1. The molecule has 1 amide bonds. The van der Waals surface area contributed by atoms with Crippen molar-refractivity contribution in [3.63, 3.8) is 0 Å². The zero-order valence-corrected chi connectivity index (χ0v) is 11.8. The highest BCUT2D eigenvalue weighted by Crippen LogP contribution is 2.11. The third-order valence-corrected chi connectivity index (χ3v) is 2.41. The van der Waals surface area contributed by atoms with E-state index >= 15 is 0 Å². The minimum Gasteiger partial charge on any atom is -0.346 e. The largest absolute Gasteiger partial charge is 0.346 e. The first-order valence-corrected chi connectivity index (χ1v) is 5.00. The molecule has 0 fully saturated rings. The summed E-state index contributed by atoms with van der Waals surface area (Å²) >= 11 is 0. The Morgan fingerprint density at radius 1 is 1.25 bits per heavy atom. The SMILES string of the molecule is C=C(C)C(=O)NC(CC)C(C)=C(C)C.Cl.N. The second kappa shape index (κ2) is 9.43. The molecular weight excluding hydrogens is 224 g/mol. The molecule has 4 N–H and O–H groups in total. The van der Waals surface area contributed by atoms with Gasteiger partial charge in [0.05, 0.1) is 6.04 Å². The molecule has 0 aliphatic heterocycles. The number of nitrogens with one attached hydrogen (secondary N) is 1. The first-order chi connectivity index (χ1) is 6.40. The molecule has 16 heavy (non-hydrogen) atoms. The smallest absolute Gasteiger partial charge is 0.246 e. The molecule has 0 rings (SSSR count). The van der Waals surface area contributed by atoms with Crippen molar-refractivity contribution in [2.45, 2.75) is 47.1 Å².